The molecule has 94 valence electrons. The predicted octanol–water partition coefficient (Wildman–Crippen LogP) is 2.37. The lowest BCUT2D eigenvalue weighted by Gasteiger charge is -2.27. The fourth-order valence-electron chi connectivity index (χ4n) is 1.28. The first-order valence-electron chi connectivity index (χ1n) is 5.13. The molecule has 0 aliphatic rings. The van der Waals surface area contributed by atoms with Gasteiger partial charge in [-0.3, -0.25) is 0 Å². The normalized spacial score (nSPS) is 12.9. The van der Waals surface area contributed by atoms with Crippen LogP contribution in [-0.4, -0.2) is 23.1 Å². The Kier molecular flexibility index (Phi) is 4.11. The number of carboxylic acid groups (broad SMARTS) is 1. The van der Waals surface area contributed by atoms with Crippen molar-refractivity contribution in [3.8, 4) is 0 Å². The van der Waals surface area contributed by atoms with Crippen LogP contribution in [0.5, 0.6) is 0 Å². The van der Waals surface area contributed by atoms with E-state index in [1.807, 2.05) is 5.38 Å². The number of carbonyl (C=O) groups excluding carboxylic acids is 1. The Morgan fingerprint density at radius 2 is 2.06 bits per heavy atom. The summed E-state index contributed by atoms with van der Waals surface area (Å²) in [6.45, 7) is 5.28. The standard InChI is InChI=1S/C11H16N2O3S/c1-11(2,3)8(9(14)15)13-10(16)12-7-4-5-17-6-7/h4-6,8H,1-3H3,(H,14,15)(H2,12,13,16)/t8-/m0/s1. The van der Waals surface area contributed by atoms with E-state index in [0.29, 0.717) is 5.69 Å². The fraction of sp³-hybridized carbons (Fsp3) is 0.455. The van der Waals surface area contributed by atoms with Gasteiger partial charge in [-0.25, -0.2) is 9.59 Å². The number of aliphatic carboxylic acids is 1. The van der Waals surface area contributed by atoms with E-state index >= 15 is 0 Å². The molecule has 0 aliphatic heterocycles. The van der Waals surface area contributed by atoms with Gasteiger partial charge < -0.3 is 15.7 Å². The van der Waals surface area contributed by atoms with Crippen molar-refractivity contribution >= 4 is 29.0 Å². The van der Waals surface area contributed by atoms with Gasteiger partial charge in [0.2, 0.25) is 0 Å². The molecule has 1 atom stereocenters. The number of hydrogen-bond donors (Lipinski definition) is 3. The molecule has 1 heterocycles. The molecule has 17 heavy (non-hydrogen) atoms. The molecule has 2 amide bonds. The average Bonchev–Trinajstić information content (AvgIpc) is 2.64. The summed E-state index contributed by atoms with van der Waals surface area (Å²) >= 11 is 1.45. The first-order chi connectivity index (χ1) is 7.80. The minimum Gasteiger partial charge on any atom is -0.480 e. The van der Waals surface area contributed by atoms with Gasteiger partial charge in [-0.05, 0) is 16.9 Å². The molecule has 0 fully saturated rings. The smallest absolute Gasteiger partial charge is 0.326 e. The van der Waals surface area contributed by atoms with E-state index in [1.165, 1.54) is 11.3 Å². The van der Waals surface area contributed by atoms with E-state index in [9.17, 15) is 9.59 Å². The van der Waals surface area contributed by atoms with Gasteiger partial charge in [0.05, 0.1) is 5.69 Å². The molecule has 3 N–H and O–H groups in total. The lowest BCUT2D eigenvalue weighted by atomic mass is 9.87. The van der Waals surface area contributed by atoms with Crippen LogP contribution in [0, 0.1) is 5.41 Å². The number of anilines is 1. The van der Waals surface area contributed by atoms with Crippen LogP contribution < -0.4 is 10.6 Å². The van der Waals surface area contributed by atoms with Gasteiger partial charge >= 0.3 is 12.0 Å². The van der Waals surface area contributed by atoms with Gasteiger partial charge in [-0.2, -0.15) is 11.3 Å². The number of hydrogen-bond acceptors (Lipinski definition) is 3. The first-order valence-corrected chi connectivity index (χ1v) is 6.07. The van der Waals surface area contributed by atoms with Crippen LogP contribution in [0.15, 0.2) is 16.8 Å². The summed E-state index contributed by atoms with van der Waals surface area (Å²) in [5.41, 5.74) is 0.114. The highest BCUT2D eigenvalue weighted by molar-refractivity contribution is 7.08. The molecule has 0 spiro atoms. The Hall–Kier alpha value is -1.56. The Labute approximate surface area is 104 Å². The van der Waals surface area contributed by atoms with Crippen molar-refractivity contribution in [2.24, 2.45) is 5.41 Å². The number of carboxylic acids is 1. The van der Waals surface area contributed by atoms with Crippen LogP contribution >= 0.6 is 11.3 Å². The number of nitrogens with one attached hydrogen (secondary N) is 2. The Bertz CT molecular complexity index is 395. The Balaban J connectivity index is 2.62. The van der Waals surface area contributed by atoms with Gasteiger partial charge in [0, 0.05) is 5.38 Å². The van der Waals surface area contributed by atoms with Gasteiger partial charge in [0.25, 0.3) is 0 Å². The minimum absolute atomic E-state index is 0.509. The summed E-state index contributed by atoms with van der Waals surface area (Å²) in [6, 6.07) is 0.309. The van der Waals surface area contributed by atoms with Crippen LogP contribution in [0.2, 0.25) is 0 Å². The van der Waals surface area contributed by atoms with Crippen molar-refractivity contribution in [1.82, 2.24) is 5.32 Å². The van der Waals surface area contributed by atoms with E-state index in [1.54, 1.807) is 32.2 Å². The zero-order valence-corrected chi connectivity index (χ0v) is 10.8. The van der Waals surface area contributed by atoms with Crippen molar-refractivity contribution in [1.29, 1.82) is 0 Å². The molecule has 5 nitrogen and oxygen atoms in total. The third kappa shape index (κ3) is 4.07. The molecule has 0 saturated carbocycles. The van der Waals surface area contributed by atoms with Crippen molar-refractivity contribution in [2.45, 2.75) is 26.8 Å². The van der Waals surface area contributed by atoms with Crippen LogP contribution in [0.25, 0.3) is 0 Å². The van der Waals surface area contributed by atoms with Gasteiger partial charge in [-0.1, -0.05) is 20.8 Å². The van der Waals surface area contributed by atoms with Crippen molar-refractivity contribution < 1.29 is 14.7 Å². The Morgan fingerprint density at radius 1 is 1.41 bits per heavy atom. The summed E-state index contributed by atoms with van der Waals surface area (Å²) in [5.74, 6) is -1.04. The average molecular weight is 256 g/mol. The molecule has 6 heteroatoms. The number of thiophene rings is 1. The second-order valence-corrected chi connectivity index (χ2v) is 5.53. The molecule has 0 saturated heterocycles. The number of carbonyl (C=O) groups is 2. The predicted molar refractivity (Wildman–Crippen MR) is 67.4 cm³/mol. The van der Waals surface area contributed by atoms with Crippen LogP contribution in [0.1, 0.15) is 20.8 Å². The molecule has 0 aromatic carbocycles. The third-order valence-corrected chi connectivity index (χ3v) is 2.85. The third-order valence-electron chi connectivity index (χ3n) is 2.17. The zero-order valence-electron chi connectivity index (χ0n) is 9.98. The zero-order chi connectivity index (χ0) is 13.1. The number of amides is 2. The molecule has 0 aliphatic carbocycles. The maximum atomic E-state index is 11.6. The molecule has 1 aromatic rings. The molecule has 1 aromatic heterocycles. The second-order valence-electron chi connectivity index (χ2n) is 4.75. The van der Waals surface area contributed by atoms with Crippen molar-refractivity contribution in [3.63, 3.8) is 0 Å². The molecule has 0 bridgehead atoms. The SMILES string of the molecule is CC(C)(C)[C@@H](NC(=O)Nc1ccsc1)C(=O)O. The quantitative estimate of drug-likeness (QED) is 0.776. The molecular formula is C11H16N2O3S. The largest absolute Gasteiger partial charge is 0.480 e. The van der Waals surface area contributed by atoms with Crippen LogP contribution in [0.3, 0.4) is 0 Å². The summed E-state index contributed by atoms with van der Waals surface area (Å²) in [4.78, 5) is 22.6. The van der Waals surface area contributed by atoms with E-state index in [4.69, 9.17) is 5.11 Å². The number of urea groups is 1. The summed E-state index contributed by atoms with van der Waals surface area (Å²) < 4.78 is 0. The van der Waals surface area contributed by atoms with Gasteiger partial charge in [-0.15, -0.1) is 0 Å². The molecule has 1 rings (SSSR count). The maximum absolute atomic E-state index is 11.6. The van der Waals surface area contributed by atoms with Crippen molar-refractivity contribution in [2.75, 3.05) is 5.32 Å². The highest BCUT2D eigenvalue weighted by Crippen LogP contribution is 2.19. The topological polar surface area (TPSA) is 78.4 Å². The summed E-state index contributed by atoms with van der Waals surface area (Å²) in [7, 11) is 0. The monoisotopic (exact) mass is 256 g/mol. The van der Waals surface area contributed by atoms with Gasteiger partial charge in [0.15, 0.2) is 0 Å². The summed E-state index contributed by atoms with van der Waals surface area (Å²) in [6.07, 6.45) is 0. The van der Waals surface area contributed by atoms with E-state index in [0.717, 1.165) is 0 Å². The molecular weight excluding hydrogens is 240 g/mol. The lowest BCUT2D eigenvalue weighted by Crippen LogP contribution is -2.50. The van der Waals surface area contributed by atoms with Crippen LogP contribution in [-0.2, 0) is 4.79 Å². The lowest BCUT2D eigenvalue weighted by molar-refractivity contribution is -0.141. The summed E-state index contributed by atoms with van der Waals surface area (Å²) in [5, 5.41) is 17.7. The second kappa shape index (κ2) is 5.18. The first kappa shape index (κ1) is 13.5. The fourth-order valence-corrected chi connectivity index (χ4v) is 1.87. The van der Waals surface area contributed by atoms with Gasteiger partial charge in [0.1, 0.15) is 6.04 Å². The highest BCUT2D eigenvalue weighted by atomic mass is 32.1. The maximum Gasteiger partial charge on any atom is 0.326 e. The van der Waals surface area contributed by atoms with E-state index in [-0.39, 0.29) is 0 Å². The minimum atomic E-state index is -1.04. The number of rotatable bonds is 3. The highest BCUT2D eigenvalue weighted by Gasteiger charge is 2.32. The van der Waals surface area contributed by atoms with Crippen LogP contribution in [0.4, 0.5) is 10.5 Å². The molecule has 0 radical (unpaired) electrons. The van der Waals surface area contributed by atoms with Crippen molar-refractivity contribution in [3.05, 3.63) is 16.8 Å². The van der Waals surface area contributed by atoms with E-state index in [2.05, 4.69) is 10.6 Å². The molecule has 0 unspecified atom stereocenters. The van der Waals surface area contributed by atoms with E-state index < -0.39 is 23.5 Å². The Morgan fingerprint density at radius 3 is 2.47 bits per heavy atom.